The van der Waals surface area contributed by atoms with Gasteiger partial charge in [0, 0.05) is 16.8 Å². The molecule has 0 amide bonds. The van der Waals surface area contributed by atoms with Crippen molar-refractivity contribution in [2.75, 3.05) is 4.90 Å². The molecule has 0 N–H and O–H groups in total. The van der Waals surface area contributed by atoms with E-state index in [1.165, 1.54) is 135 Å². The number of fused-ring (bicyclic) bond motifs is 5. The number of para-hydroxylation sites is 1. The van der Waals surface area contributed by atoms with E-state index in [1.54, 1.807) is 0 Å². The maximum absolute atomic E-state index is 2.67. The average molecular weight is 792 g/mol. The third-order valence-corrected chi connectivity index (χ3v) is 15.3. The molecule has 0 aromatic heterocycles. The van der Waals surface area contributed by atoms with E-state index in [0.717, 1.165) is 0 Å². The Hall–Kier alpha value is -7.22. The molecule has 11 aromatic rings. The Bertz CT molecular complexity index is 3570. The van der Waals surface area contributed by atoms with Crippen molar-refractivity contribution >= 4 is 65.2 Å². The van der Waals surface area contributed by atoms with Crippen molar-refractivity contribution in [2.45, 2.75) is 44.1 Å². The predicted molar refractivity (Wildman–Crippen MR) is 265 cm³/mol. The Labute approximate surface area is 362 Å². The van der Waals surface area contributed by atoms with Crippen molar-refractivity contribution in [2.24, 2.45) is 0 Å². The number of anilines is 2. The summed E-state index contributed by atoms with van der Waals surface area (Å²) in [5.41, 5.74) is 14.3. The van der Waals surface area contributed by atoms with E-state index in [2.05, 4.69) is 219 Å². The molecule has 2 atom stereocenters. The zero-order valence-corrected chi connectivity index (χ0v) is 35.1. The van der Waals surface area contributed by atoms with Crippen LogP contribution in [0.2, 0.25) is 0 Å². The van der Waals surface area contributed by atoms with Crippen molar-refractivity contribution in [3.63, 3.8) is 0 Å². The van der Waals surface area contributed by atoms with Gasteiger partial charge in [0.2, 0.25) is 0 Å². The summed E-state index contributed by atoms with van der Waals surface area (Å²) < 4.78 is 0. The van der Waals surface area contributed by atoms with Gasteiger partial charge in [-0.05, 0) is 160 Å². The molecule has 1 heterocycles. The minimum Gasteiger partial charge on any atom is -0.334 e. The van der Waals surface area contributed by atoms with Gasteiger partial charge < -0.3 is 4.90 Å². The summed E-state index contributed by atoms with van der Waals surface area (Å²) in [5, 5.41) is 12.9. The Balaban J connectivity index is 1.16. The van der Waals surface area contributed by atoms with Gasteiger partial charge in [-0.15, -0.1) is 0 Å². The molecule has 2 unspecified atom stereocenters. The highest BCUT2D eigenvalue weighted by Crippen LogP contribution is 2.63. The minimum absolute atomic E-state index is 0.00205. The maximum Gasteiger partial charge on any atom is 0.0517 e. The molecule has 62 heavy (non-hydrogen) atoms. The second kappa shape index (κ2) is 13.1. The van der Waals surface area contributed by atoms with Gasteiger partial charge in [0.25, 0.3) is 0 Å². The molecule has 1 aliphatic carbocycles. The molecule has 1 fully saturated rings. The topological polar surface area (TPSA) is 3.24 Å². The molecule has 1 aliphatic heterocycles. The van der Waals surface area contributed by atoms with Crippen molar-refractivity contribution in [1.82, 2.24) is 0 Å². The number of hydrogen-bond donors (Lipinski definition) is 0. The summed E-state index contributed by atoms with van der Waals surface area (Å²) >= 11 is 0. The highest BCUT2D eigenvalue weighted by molar-refractivity contribution is 6.32. The summed E-state index contributed by atoms with van der Waals surface area (Å²) in [5.74, 6) is 0. The quantitative estimate of drug-likeness (QED) is 0.157. The third-order valence-electron chi connectivity index (χ3n) is 15.3. The largest absolute Gasteiger partial charge is 0.334 e. The van der Waals surface area contributed by atoms with Gasteiger partial charge in [-0.3, -0.25) is 0 Å². The molecule has 0 radical (unpaired) electrons. The van der Waals surface area contributed by atoms with Crippen LogP contribution in [-0.2, 0) is 5.41 Å². The molecule has 1 heteroatoms. The van der Waals surface area contributed by atoms with Crippen molar-refractivity contribution < 1.29 is 0 Å². The fraction of sp³-hybridized carbons (Fsp3) is 0.115. The van der Waals surface area contributed by atoms with Crippen LogP contribution in [0.4, 0.5) is 11.4 Å². The normalized spacial score (nSPS) is 18.4. The molecule has 11 aromatic carbocycles. The molecule has 1 nitrogen and oxygen atoms in total. The van der Waals surface area contributed by atoms with Crippen LogP contribution < -0.4 is 4.90 Å². The molecular weight excluding hydrogens is 747 g/mol. The van der Waals surface area contributed by atoms with E-state index < -0.39 is 0 Å². The first-order valence-electron chi connectivity index (χ1n) is 22.3. The fourth-order valence-electron chi connectivity index (χ4n) is 12.2. The second-order valence-corrected chi connectivity index (χ2v) is 18.3. The predicted octanol–water partition coefficient (Wildman–Crippen LogP) is 16.9. The number of benzene rings is 11. The Morgan fingerprint density at radius 1 is 0.371 bits per heavy atom. The molecule has 0 saturated heterocycles. The van der Waals surface area contributed by atoms with E-state index >= 15 is 0 Å². The van der Waals surface area contributed by atoms with Crippen LogP contribution in [-0.4, -0.2) is 5.54 Å². The van der Waals surface area contributed by atoms with E-state index in [9.17, 15) is 0 Å². The van der Waals surface area contributed by atoms with Gasteiger partial charge in [0.05, 0.1) is 5.54 Å². The highest BCUT2D eigenvalue weighted by Gasteiger charge is 2.59. The number of nitrogens with zero attached hydrogens (tertiary/aromatic N) is 1. The summed E-state index contributed by atoms with van der Waals surface area (Å²) in [4.78, 5) is 2.67. The van der Waals surface area contributed by atoms with Gasteiger partial charge in [0.1, 0.15) is 0 Å². The highest BCUT2D eigenvalue weighted by atomic mass is 15.3. The lowest BCUT2D eigenvalue weighted by atomic mass is 9.71. The third kappa shape index (κ3) is 4.85. The van der Waals surface area contributed by atoms with Crippen LogP contribution in [0.5, 0.6) is 0 Å². The summed E-state index contributed by atoms with van der Waals surface area (Å²) in [6.45, 7) is 5.05. The molecule has 294 valence electrons. The van der Waals surface area contributed by atoms with Crippen molar-refractivity contribution in [3.05, 3.63) is 206 Å². The number of hydrogen-bond acceptors (Lipinski definition) is 1. The van der Waals surface area contributed by atoms with E-state index in [1.807, 2.05) is 0 Å². The van der Waals surface area contributed by atoms with Gasteiger partial charge in [-0.1, -0.05) is 177 Å². The van der Waals surface area contributed by atoms with Gasteiger partial charge >= 0.3 is 0 Å². The van der Waals surface area contributed by atoms with Gasteiger partial charge in [-0.25, -0.2) is 0 Å². The zero-order valence-electron chi connectivity index (χ0n) is 35.1. The van der Waals surface area contributed by atoms with Crippen LogP contribution in [0, 0.1) is 0 Å². The molecule has 0 bridgehead atoms. The van der Waals surface area contributed by atoms with E-state index in [4.69, 9.17) is 0 Å². The molecule has 1 saturated carbocycles. The standard InChI is InChI=1S/C61H45N/c1-60-34-15-35-61(60,2)62(43-22-7-4-8-23-43)57-33-28-42(36-56(57)60)53-38-55(47-27-14-21-40-19-10-12-25-45(40)47)51-31-29-48-52(41-16-5-3-6-17-41)37-54(50-32-30-49(53)59(51)58(48)50)46-26-13-20-39-18-9-11-24-44(39)46/h3-14,16-33,36-38H,15,34-35H2,1-2H3. The first-order chi connectivity index (χ1) is 30.5. The first-order valence-corrected chi connectivity index (χ1v) is 22.3. The summed E-state index contributed by atoms with van der Waals surface area (Å²) in [6.07, 6.45) is 3.59. The Kier molecular flexibility index (Phi) is 7.53. The molecule has 13 rings (SSSR count). The van der Waals surface area contributed by atoms with E-state index in [0.29, 0.717) is 0 Å². The van der Waals surface area contributed by atoms with Gasteiger partial charge in [0.15, 0.2) is 0 Å². The lowest BCUT2D eigenvalue weighted by Crippen LogP contribution is -2.48. The van der Waals surface area contributed by atoms with Crippen molar-refractivity contribution in [3.8, 4) is 44.5 Å². The van der Waals surface area contributed by atoms with Gasteiger partial charge in [-0.2, -0.15) is 0 Å². The van der Waals surface area contributed by atoms with Crippen LogP contribution >= 0.6 is 0 Å². The van der Waals surface area contributed by atoms with Crippen LogP contribution in [0.1, 0.15) is 38.7 Å². The van der Waals surface area contributed by atoms with E-state index in [-0.39, 0.29) is 11.0 Å². The van der Waals surface area contributed by atoms with Crippen LogP contribution in [0.3, 0.4) is 0 Å². The van der Waals surface area contributed by atoms with Crippen LogP contribution in [0.15, 0.2) is 200 Å². The summed E-state index contributed by atoms with van der Waals surface area (Å²) in [7, 11) is 0. The van der Waals surface area contributed by atoms with Crippen LogP contribution in [0.25, 0.3) is 98.4 Å². The molecule has 0 spiro atoms. The maximum atomic E-state index is 2.67. The number of rotatable bonds is 5. The fourth-order valence-corrected chi connectivity index (χ4v) is 12.2. The Morgan fingerprint density at radius 2 is 0.871 bits per heavy atom. The monoisotopic (exact) mass is 791 g/mol. The second-order valence-electron chi connectivity index (χ2n) is 18.3. The molecule has 2 aliphatic rings. The summed E-state index contributed by atoms with van der Waals surface area (Å²) in [6, 6.07) is 75.5. The minimum atomic E-state index is -0.00205. The van der Waals surface area contributed by atoms with Crippen molar-refractivity contribution in [1.29, 1.82) is 0 Å². The molecular formula is C61H45N. The zero-order chi connectivity index (χ0) is 41.2. The smallest absolute Gasteiger partial charge is 0.0517 e. The average Bonchev–Trinajstić information content (AvgIpc) is 3.73. The lowest BCUT2D eigenvalue weighted by molar-refractivity contribution is 0.330. The SMILES string of the molecule is CC12CCCC1(C)N(c1ccccc1)c1ccc(-c3cc(-c4cccc5ccccc45)c4ccc5c(-c6ccccc6)cc(-c6cccc7ccccc67)c6ccc3c4c56)cc12. The lowest BCUT2D eigenvalue weighted by Gasteiger charge is -2.42. The first kappa shape index (κ1) is 35.5. The Morgan fingerprint density at radius 3 is 1.47 bits per heavy atom.